The van der Waals surface area contributed by atoms with Crippen LogP contribution in [0.15, 0.2) is 48.9 Å². The van der Waals surface area contributed by atoms with Gasteiger partial charge in [0.05, 0.1) is 17.5 Å². The van der Waals surface area contributed by atoms with Crippen LogP contribution in [0, 0.1) is 11.8 Å². The summed E-state index contributed by atoms with van der Waals surface area (Å²) in [5.41, 5.74) is 1.89. The number of aromatic nitrogens is 4. The fraction of sp³-hybridized carbons (Fsp3) is 0.400. The predicted molar refractivity (Wildman–Crippen MR) is 127 cm³/mol. The van der Waals surface area contributed by atoms with Gasteiger partial charge in [0, 0.05) is 30.2 Å². The van der Waals surface area contributed by atoms with Gasteiger partial charge in [-0.15, -0.1) is 0 Å². The zero-order valence-corrected chi connectivity index (χ0v) is 18.6. The number of fused-ring (bicyclic) bond motifs is 2. The number of anilines is 1. The molecular formula is C25H26ClN5O. The Morgan fingerprint density at radius 1 is 1.03 bits per heavy atom. The molecule has 2 unspecified atom stereocenters. The van der Waals surface area contributed by atoms with Crippen LogP contribution in [0.4, 0.5) is 5.82 Å². The SMILES string of the molecule is Clc1ncnc2c1ccn2C1CCC(COc2ccc3ccc(NCC4CC4)nc3c2)C1. The van der Waals surface area contributed by atoms with Crippen molar-refractivity contribution >= 4 is 39.4 Å². The molecule has 3 heterocycles. The Hall–Kier alpha value is -2.86. The molecule has 7 heteroatoms. The first kappa shape index (κ1) is 19.8. The first-order chi connectivity index (χ1) is 15.7. The van der Waals surface area contributed by atoms with E-state index in [1.807, 2.05) is 12.1 Å². The minimum atomic E-state index is 0.422. The van der Waals surface area contributed by atoms with Crippen LogP contribution in [0.2, 0.25) is 5.15 Å². The summed E-state index contributed by atoms with van der Waals surface area (Å²) in [5, 5.41) is 6.03. The molecule has 0 spiro atoms. The molecule has 4 aromatic rings. The lowest BCUT2D eigenvalue weighted by atomic mass is 10.1. The van der Waals surface area contributed by atoms with E-state index in [2.05, 4.69) is 50.3 Å². The summed E-state index contributed by atoms with van der Waals surface area (Å²) in [6.45, 7) is 1.74. The van der Waals surface area contributed by atoms with E-state index in [1.165, 1.54) is 19.2 Å². The monoisotopic (exact) mass is 447 g/mol. The summed E-state index contributed by atoms with van der Waals surface area (Å²) in [6.07, 6.45) is 9.64. The highest BCUT2D eigenvalue weighted by Gasteiger charge is 2.27. The number of pyridine rings is 1. The van der Waals surface area contributed by atoms with Gasteiger partial charge in [-0.05, 0) is 74.3 Å². The van der Waals surface area contributed by atoms with E-state index in [0.29, 0.717) is 17.1 Å². The molecule has 2 fully saturated rings. The lowest BCUT2D eigenvalue weighted by molar-refractivity contribution is 0.248. The number of rotatable bonds is 7. The fourth-order valence-electron chi connectivity index (χ4n) is 4.76. The molecule has 1 N–H and O–H groups in total. The molecule has 3 aromatic heterocycles. The summed E-state index contributed by atoms with van der Waals surface area (Å²) in [5.74, 6) is 3.18. The summed E-state index contributed by atoms with van der Waals surface area (Å²) >= 11 is 6.22. The average molecular weight is 448 g/mol. The van der Waals surface area contributed by atoms with Gasteiger partial charge in [0.1, 0.15) is 28.7 Å². The Labute approximate surface area is 192 Å². The van der Waals surface area contributed by atoms with Gasteiger partial charge in [-0.3, -0.25) is 0 Å². The topological polar surface area (TPSA) is 64.9 Å². The molecule has 6 nitrogen and oxygen atoms in total. The van der Waals surface area contributed by atoms with Gasteiger partial charge in [-0.2, -0.15) is 0 Å². The van der Waals surface area contributed by atoms with Crippen LogP contribution in [0.25, 0.3) is 21.9 Å². The van der Waals surface area contributed by atoms with E-state index in [0.717, 1.165) is 71.8 Å². The van der Waals surface area contributed by atoms with Crippen molar-refractivity contribution in [3.63, 3.8) is 0 Å². The van der Waals surface area contributed by atoms with Crippen LogP contribution < -0.4 is 10.1 Å². The summed E-state index contributed by atoms with van der Waals surface area (Å²) in [7, 11) is 0. The minimum Gasteiger partial charge on any atom is -0.493 e. The van der Waals surface area contributed by atoms with E-state index in [1.54, 1.807) is 0 Å². The molecule has 0 amide bonds. The second-order valence-electron chi connectivity index (χ2n) is 9.14. The third-order valence-electron chi connectivity index (χ3n) is 6.79. The van der Waals surface area contributed by atoms with Crippen molar-refractivity contribution in [2.24, 2.45) is 11.8 Å². The first-order valence-corrected chi connectivity index (χ1v) is 11.9. The molecular weight excluding hydrogens is 422 g/mol. The maximum Gasteiger partial charge on any atom is 0.145 e. The minimum absolute atomic E-state index is 0.422. The van der Waals surface area contributed by atoms with Gasteiger partial charge in [-0.25, -0.2) is 15.0 Å². The number of nitrogens with one attached hydrogen (secondary N) is 1. The molecule has 164 valence electrons. The number of benzene rings is 1. The molecule has 0 radical (unpaired) electrons. The average Bonchev–Trinajstić information content (AvgIpc) is 3.34. The quantitative estimate of drug-likeness (QED) is 0.358. The van der Waals surface area contributed by atoms with Crippen molar-refractivity contribution in [2.75, 3.05) is 18.5 Å². The number of ether oxygens (including phenoxy) is 1. The van der Waals surface area contributed by atoms with Crippen molar-refractivity contribution in [3.05, 3.63) is 54.1 Å². The first-order valence-electron chi connectivity index (χ1n) is 11.5. The van der Waals surface area contributed by atoms with Gasteiger partial charge in [0.25, 0.3) is 0 Å². The van der Waals surface area contributed by atoms with Crippen molar-refractivity contribution in [2.45, 2.75) is 38.1 Å². The Morgan fingerprint density at radius 2 is 1.91 bits per heavy atom. The zero-order valence-electron chi connectivity index (χ0n) is 17.9. The Balaban J connectivity index is 1.10. The third-order valence-corrected chi connectivity index (χ3v) is 7.09. The van der Waals surface area contributed by atoms with Gasteiger partial charge in [0.15, 0.2) is 0 Å². The lowest BCUT2D eigenvalue weighted by Crippen LogP contribution is -2.10. The number of hydrogen-bond acceptors (Lipinski definition) is 5. The fourth-order valence-corrected chi connectivity index (χ4v) is 4.95. The van der Waals surface area contributed by atoms with E-state index in [9.17, 15) is 0 Å². The third kappa shape index (κ3) is 3.99. The Bertz CT molecular complexity index is 1270. The largest absolute Gasteiger partial charge is 0.493 e. The summed E-state index contributed by atoms with van der Waals surface area (Å²) in [6, 6.07) is 12.8. The zero-order chi connectivity index (χ0) is 21.5. The molecule has 2 saturated carbocycles. The van der Waals surface area contributed by atoms with Crippen LogP contribution in [-0.2, 0) is 0 Å². The molecule has 2 atom stereocenters. The normalized spacial score (nSPS) is 20.8. The maximum absolute atomic E-state index is 6.22. The van der Waals surface area contributed by atoms with Gasteiger partial charge in [-0.1, -0.05) is 11.6 Å². The van der Waals surface area contributed by atoms with E-state index >= 15 is 0 Å². The second-order valence-corrected chi connectivity index (χ2v) is 9.50. The summed E-state index contributed by atoms with van der Waals surface area (Å²) in [4.78, 5) is 13.3. The van der Waals surface area contributed by atoms with E-state index in [4.69, 9.17) is 21.3 Å². The molecule has 0 aliphatic heterocycles. The highest BCUT2D eigenvalue weighted by Crippen LogP contribution is 2.37. The van der Waals surface area contributed by atoms with Crippen LogP contribution in [0.1, 0.15) is 38.1 Å². The van der Waals surface area contributed by atoms with Crippen LogP contribution >= 0.6 is 11.6 Å². The molecule has 2 aliphatic carbocycles. The van der Waals surface area contributed by atoms with E-state index in [-0.39, 0.29) is 0 Å². The molecule has 2 aliphatic rings. The molecule has 32 heavy (non-hydrogen) atoms. The summed E-state index contributed by atoms with van der Waals surface area (Å²) < 4.78 is 8.45. The highest BCUT2D eigenvalue weighted by molar-refractivity contribution is 6.33. The number of halogens is 1. The van der Waals surface area contributed by atoms with Crippen molar-refractivity contribution in [1.29, 1.82) is 0 Å². The molecule has 6 rings (SSSR count). The van der Waals surface area contributed by atoms with Gasteiger partial charge in [0.2, 0.25) is 0 Å². The van der Waals surface area contributed by atoms with Crippen LogP contribution in [0.3, 0.4) is 0 Å². The molecule has 1 aromatic carbocycles. The molecule has 0 saturated heterocycles. The Morgan fingerprint density at radius 3 is 2.81 bits per heavy atom. The maximum atomic E-state index is 6.22. The standard InChI is InChI=1S/C25H26ClN5O/c26-24-21-9-10-31(25(21)29-15-28-24)19-6-3-17(11-19)14-32-20-7-4-18-5-8-23(30-22(18)12-20)27-13-16-1-2-16/h4-5,7-10,12,15-17,19H,1-3,6,11,13-14H2,(H,27,30). The van der Waals surface area contributed by atoms with Crippen molar-refractivity contribution in [1.82, 2.24) is 19.5 Å². The Kier molecular flexibility index (Phi) is 5.10. The smallest absolute Gasteiger partial charge is 0.145 e. The predicted octanol–water partition coefficient (Wildman–Crippen LogP) is 5.88. The van der Waals surface area contributed by atoms with Gasteiger partial charge < -0.3 is 14.6 Å². The number of hydrogen-bond donors (Lipinski definition) is 1. The van der Waals surface area contributed by atoms with E-state index < -0.39 is 0 Å². The van der Waals surface area contributed by atoms with Gasteiger partial charge >= 0.3 is 0 Å². The lowest BCUT2D eigenvalue weighted by Gasteiger charge is -2.15. The molecule has 0 bridgehead atoms. The second kappa shape index (κ2) is 8.24. The van der Waals surface area contributed by atoms with Crippen LogP contribution in [0.5, 0.6) is 5.75 Å². The number of nitrogens with zero attached hydrogens (tertiary/aromatic N) is 4. The van der Waals surface area contributed by atoms with Crippen molar-refractivity contribution in [3.8, 4) is 5.75 Å². The van der Waals surface area contributed by atoms with Crippen molar-refractivity contribution < 1.29 is 4.74 Å². The van der Waals surface area contributed by atoms with Crippen LogP contribution in [-0.4, -0.2) is 32.7 Å². The highest BCUT2D eigenvalue weighted by atomic mass is 35.5.